The van der Waals surface area contributed by atoms with Crippen molar-refractivity contribution in [1.82, 2.24) is 0 Å². The average molecular weight is 236 g/mol. The molecule has 1 aliphatic rings. The number of carbonyl (C=O) groups excluding carboxylic acids is 1. The minimum atomic E-state index is -1.71. The van der Waals surface area contributed by atoms with Crippen molar-refractivity contribution in [2.45, 2.75) is 25.6 Å². The minimum absolute atomic E-state index is 0.298. The van der Waals surface area contributed by atoms with Gasteiger partial charge in [-0.1, -0.05) is 44.2 Å². The van der Waals surface area contributed by atoms with Crippen molar-refractivity contribution in [1.29, 1.82) is 0 Å². The first-order chi connectivity index (χ1) is 7.94. The fourth-order valence-corrected chi connectivity index (χ4v) is 2.29. The van der Waals surface area contributed by atoms with Crippen LogP contribution in [0.3, 0.4) is 0 Å². The summed E-state index contributed by atoms with van der Waals surface area (Å²) in [5.41, 5.74) is -2.09. The van der Waals surface area contributed by atoms with Gasteiger partial charge >= 0.3 is 5.97 Å². The Balaban J connectivity index is 2.53. The van der Waals surface area contributed by atoms with E-state index in [4.69, 9.17) is 4.74 Å². The maximum atomic E-state index is 11.9. The van der Waals surface area contributed by atoms with E-state index >= 15 is 0 Å². The number of cyclic esters (lactones) is 1. The first kappa shape index (κ1) is 12.1. The minimum Gasteiger partial charge on any atom is -0.457 e. The largest absolute Gasteiger partial charge is 0.457 e. The summed E-state index contributed by atoms with van der Waals surface area (Å²) in [6.45, 7) is 3.13. The number of ether oxygens (including phenoxy) is 1. The van der Waals surface area contributed by atoms with E-state index in [2.05, 4.69) is 0 Å². The molecule has 0 aromatic heterocycles. The van der Waals surface area contributed by atoms with Gasteiger partial charge in [-0.15, -0.1) is 0 Å². The lowest BCUT2D eigenvalue weighted by atomic mass is 9.70. The van der Waals surface area contributed by atoms with Crippen molar-refractivity contribution in [2.24, 2.45) is 5.41 Å². The van der Waals surface area contributed by atoms with Gasteiger partial charge in [0.05, 0.1) is 6.61 Å². The molecule has 4 heteroatoms. The topological polar surface area (TPSA) is 66.8 Å². The van der Waals surface area contributed by atoms with Crippen molar-refractivity contribution in [2.75, 3.05) is 6.61 Å². The van der Waals surface area contributed by atoms with Crippen LogP contribution in [0.25, 0.3) is 0 Å². The summed E-state index contributed by atoms with van der Waals surface area (Å²) < 4.78 is 5.06. The summed E-state index contributed by atoms with van der Waals surface area (Å²) in [6, 6.07) is 8.68. The predicted molar refractivity (Wildman–Crippen MR) is 61.1 cm³/mol. The van der Waals surface area contributed by atoms with Gasteiger partial charge in [0.2, 0.25) is 0 Å². The van der Waals surface area contributed by atoms with Crippen LogP contribution in [0, 0.1) is 5.41 Å². The van der Waals surface area contributed by atoms with Crippen LogP contribution in [-0.4, -0.2) is 28.9 Å². The van der Waals surface area contributed by atoms with E-state index < -0.39 is 23.1 Å². The van der Waals surface area contributed by atoms with Crippen molar-refractivity contribution < 1.29 is 19.7 Å². The average Bonchev–Trinajstić information content (AvgIpc) is 2.51. The van der Waals surface area contributed by atoms with Crippen LogP contribution in [0.15, 0.2) is 30.3 Å². The summed E-state index contributed by atoms with van der Waals surface area (Å²) in [7, 11) is 0. The molecular formula is C13H16O4. The number of hydrogen-bond acceptors (Lipinski definition) is 4. The molecule has 92 valence electrons. The molecule has 17 heavy (non-hydrogen) atoms. The van der Waals surface area contributed by atoms with Gasteiger partial charge in [0.15, 0.2) is 5.60 Å². The third kappa shape index (κ3) is 1.48. The molecule has 0 radical (unpaired) electrons. The Morgan fingerprint density at radius 1 is 1.29 bits per heavy atom. The van der Waals surface area contributed by atoms with Crippen molar-refractivity contribution in [3.63, 3.8) is 0 Å². The second-order valence-electron chi connectivity index (χ2n) is 4.87. The zero-order chi connectivity index (χ0) is 12.7. The number of rotatable bonds is 2. The maximum Gasteiger partial charge on any atom is 0.343 e. The number of aliphatic hydroxyl groups excluding tert-OH is 1. The Morgan fingerprint density at radius 3 is 2.35 bits per heavy atom. The van der Waals surface area contributed by atoms with Crippen molar-refractivity contribution in [3.8, 4) is 0 Å². The maximum absolute atomic E-state index is 11.9. The molecule has 0 spiro atoms. The third-order valence-corrected chi connectivity index (χ3v) is 3.64. The molecule has 2 rings (SSSR count). The van der Waals surface area contributed by atoms with E-state index in [1.165, 1.54) is 0 Å². The SMILES string of the molecule is CC1(C)[C@H](CO)OC(=O)[C@@]1(O)c1ccccc1. The van der Waals surface area contributed by atoms with E-state index in [1.807, 2.05) is 6.07 Å². The lowest BCUT2D eigenvalue weighted by Crippen LogP contribution is -2.46. The van der Waals surface area contributed by atoms with Gasteiger partial charge in [0.1, 0.15) is 6.10 Å². The van der Waals surface area contributed by atoms with Gasteiger partial charge in [-0.25, -0.2) is 4.79 Å². The summed E-state index contributed by atoms with van der Waals surface area (Å²) in [5.74, 6) is -0.701. The Bertz CT molecular complexity index is 426. The van der Waals surface area contributed by atoms with E-state index in [9.17, 15) is 15.0 Å². The molecule has 0 unspecified atom stereocenters. The van der Waals surface area contributed by atoms with Gasteiger partial charge in [0, 0.05) is 5.41 Å². The van der Waals surface area contributed by atoms with Crippen LogP contribution in [0.5, 0.6) is 0 Å². The first-order valence-electron chi connectivity index (χ1n) is 5.54. The molecule has 1 aliphatic heterocycles. The van der Waals surface area contributed by atoms with E-state index in [-0.39, 0.29) is 6.61 Å². The highest BCUT2D eigenvalue weighted by atomic mass is 16.6. The molecule has 4 nitrogen and oxygen atoms in total. The zero-order valence-corrected chi connectivity index (χ0v) is 9.88. The lowest BCUT2D eigenvalue weighted by molar-refractivity contribution is -0.158. The first-order valence-corrected chi connectivity index (χ1v) is 5.54. The molecule has 1 aromatic rings. The van der Waals surface area contributed by atoms with Crippen LogP contribution in [0.1, 0.15) is 19.4 Å². The van der Waals surface area contributed by atoms with Crippen LogP contribution >= 0.6 is 0 Å². The fourth-order valence-electron chi connectivity index (χ4n) is 2.29. The number of benzene rings is 1. The van der Waals surface area contributed by atoms with Crippen LogP contribution in [0.2, 0.25) is 0 Å². The highest BCUT2D eigenvalue weighted by Crippen LogP contribution is 2.49. The van der Waals surface area contributed by atoms with Crippen molar-refractivity contribution >= 4 is 5.97 Å². The standard InChI is InChI=1S/C13H16O4/c1-12(2)10(8-14)17-11(15)13(12,16)9-6-4-3-5-7-9/h3-7,10,14,16H,8H2,1-2H3/t10-,13-/m0/s1. The van der Waals surface area contributed by atoms with Gasteiger partial charge < -0.3 is 14.9 Å². The molecule has 0 saturated carbocycles. The highest BCUT2D eigenvalue weighted by molar-refractivity contribution is 5.84. The number of esters is 1. The number of carbonyl (C=O) groups is 1. The molecule has 0 aliphatic carbocycles. The van der Waals surface area contributed by atoms with Crippen molar-refractivity contribution in [3.05, 3.63) is 35.9 Å². The fraction of sp³-hybridized carbons (Fsp3) is 0.462. The summed E-state index contributed by atoms with van der Waals surface area (Å²) >= 11 is 0. The van der Waals surface area contributed by atoms with Crippen LogP contribution in [0.4, 0.5) is 0 Å². The number of hydrogen-bond donors (Lipinski definition) is 2. The Labute approximate surface area is 99.8 Å². The van der Waals surface area contributed by atoms with Crippen LogP contribution in [-0.2, 0) is 15.1 Å². The summed E-state index contributed by atoms with van der Waals surface area (Å²) in [5, 5.41) is 19.9. The predicted octanol–water partition coefficient (Wildman–Crippen LogP) is 0.818. The second kappa shape index (κ2) is 3.82. The molecule has 1 saturated heterocycles. The normalized spacial score (nSPS) is 31.3. The van der Waals surface area contributed by atoms with Gasteiger partial charge in [0.25, 0.3) is 0 Å². The Morgan fingerprint density at radius 2 is 1.88 bits per heavy atom. The molecule has 1 heterocycles. The molecule has 1 fully saturated rings. The second-order valence-corrected chi connectivity index (χ2v) is 4.87. The molecular weight excluding hydrogens is 220 g/mol. The molecule has 0 bridgehead atoms. The van der Waals surface area contributed by atoms with E-state index in [1.54, 1.807) is 38.1 Å². The summed E-state index contributed by atoms with van der Waals surface area (Å²) in [4.78, 5) is 11.9. The van der Waals surface area contributed by atoms with Crippen LogP contribution < -0.4 is 0 Å². The Kier molecular flexibility index (Phi) is 2.72. The molecule has 0 amide bonds. The lowest BCUT2D eigenvalue weighted by Gasteiger charge is -2.34. The highest BCUT2D eigenvalue weighted by Gasteiger charge is 2.62. The Hall–Kier alpha value is -1.39. The molecule has 1 aromatic carbocycles. The zero-order valence-electron chi connectivity index (χ0n) is 9.88. The van der Waals surface area contributed by atoms with E-state index in [0.717, 1.165) is 0 Å². The summed E-state index contributed by atoms with van der Waals surface area (Å²) in [6.07, 6.45) is -0.694. The quantitative estimate of drug-likeness (QED) is 0.746. The van der Waals surface area contributed by atoms with Gasteiger partial charge in [-0.05, 0) is 5.56 Å². The van der Waals surface area contributed by atoms with E-state index in [0.29, 0.717) is 5.56 Å². The van der Waals surface area contributed by atoms with Gasteiger partial charge in [-0.3, -0.25) is 0 Å². The molecule has 2 N–H and O–H groups in total. The molecule has 2 atom stereocenters. The smallest absolute Gasteiger partial charge is 0.343 e. The number of aliphatic hydroxyl groups is 2. The monoisotopic (exact) mass is 236 g/mol. The van der Waals surface area contributed by atoms with Gasteiger partial charge in [-0.2, -0.15) is 0 Å². The third-order valence-electron chi connectivity index (χ3n) is 3.64.